The maximum Gasteiger partial charge on any atom is 0.469 e. The molecule has 1 aromatic rings. The molecule has 1 aliphatic heterocycles. The van der Waals surface area contributed by atoms with Crippen LogP contribution in [0.15, 0.2) is 17.1 Å². The van der Waals surface area contributed by atoms with Crippen LogP contribution >= 0.6 is 27.9 Å². The van der Waals surface area contributed by atoms with Crippen molar-refractivity contribution in [2.75, 3.05) is 6.61 Å². The molecule has 3 atom stereocenters. The highest BCUT2D eigenvalue weighted by molar-refractivity contribution is 7.71. The lowest BCUT2D eigenvalue weighted by Crippen LogP contribution is -2.28. The second kappa shape index (κ2) is 7.26. The summed E-state index contributed by atoms with van der Waals surface area (Å²) in [5, 5.41) is 0. The lowest BCUT2D eigenvalue weighted by atomic mass is 10.2. The van der Waals surface area contributed by atoms with Gasteiger partial charge in [-0.15, -0.1) is 0 Å². The van der Waals surface area contributed by atoms with Crippen molar-refractivity contribution in [1.82, 2.24) is 9.55 Å². The first-order valence-electron chi connectivity index (χ1n) is 6.35. The van der Waals surface area contributed by atoms with Gasteiger partial charge in [0.2, 0.25) is 0 Å². The van der Waals surface area contributed by atoms with Gasteiger partial charge in [0, 0.05) is 18.7 Å². The van der Waals surface area contributed by atoms with Crippen LogP contribution in [0.1, 0.15) is 12.6 Å². The van der Waals surface area contributed by atoms with Gasteiger partial charge in [0.15, 0.2) is 4.77 Å². The van der Waals surface area contributed by atoms with Crippen LogP contribution in [0, 0.1) is 4.77 Å². The van der Waals surface area contributed by atoms with E-state index in [9.17, 15) is 13.9 Å². The summed E-state index contributed by atoms with van der Waals surface area (Å²) in [6.45, 7) is -0.665. The third kappa shape index (κ3) is 5.67. The first-order valence-corrected chi connectivity index (χ1v) is 9.82. The minimum absolute atomic E-state index is 0.000939. The van der Waals surface area contributed by atoms with E-state index < -0.39 is 46.2 Å². The molecule has 0 bridgehead atoms. The maximum atomic E-state index is 11.2. The van der Waals surface area contributed by atoms with E-state index >= 15 is 0 Å². The molecule has 1 fully saturated rings. The molecule has 1 aliphatic rings. The first kappa shape index (κ1) is 19.6. The molecule has 2 heterocycles. The monoisotopic (exact) mass is 404 g/mol. The molecule has 1 aromatic heterocycles. The van der Waals surface area contributed by atoms with Crippen LogP contribution in [0.2, 0.25) is 0 Å². The number of phosphoric ester groups is 2. The molecule has 5 N–H and O–H groups in total. The quantitative estimate of drug-likeness (QED) is 0.312. The molecule has 0 spiro atoms. The zero-order valence-electron chi connectivity index (χ0n) is 11.8. The van der Waals surface area contributed by atoms with Crippen LogP contribution in [-0.2, 0) is 22.9 Å². The molecule has 0 radical (unpaired) electrons. The summed E-state index contributed by atoms with van der Waals surface area (Å²) >= 11 is 4.96. The van der Waals surface area contributed by atoms with Crippen molar-refractivity contribution in [3.8, 4) is 0 Å². The fourth-order valence-corrected chi connectivity index (χ4v) is 3.33. The van der Waals surface area contributed by atoms with Gasteiger partial charge in [-0.25, -0.2) is 9.13 Å². The number of phosphoric acid groups is 2. The summed E-state index contributed by atoms with van der Waals surface area (Å²) in [5.41, 5.74) is -0.446. The predicted molar refractivity (Wildman–Crippen MR) is 79.3 cm³/mol. The van der Waals surface area contributed by atoms with Gasteiger partial charge in [-0.2, -0.15) is 0 Å². The third-order valence-electron chi connectivity index (χ3n) is 3.02. The fourth-order valence-electron chi connectivity index (χ4n) is 2.13. The third-order valence-corrected chi connectivity index (χ3v) is 4.37. The van der Waals surface area contributed by atoms with Gasteiger partial charge in [-0.05, 0) is 12.2 Å². The van der Waals surface area contributed by atoms with Crippen molar-refractivity contribution < 1.29 is 42.5 Å². The van der Waals surface area contributed by atoms with Crippen LogP contribution in [-0.4, -0.2) is 47.9 Å². The number of hydrogen-bond donors (Lipinski definition) is 5. The smallest absolute Gasteiger partial charge is 0.349 e. The number of aromatic amines is 1. The van der Waals surface area contributed by atoms with Gasteiger partial charge in [0.1, 0.15) is 18.4 Å². The number of H-pyrrole nitrogens is 1. The summed E-state index contributed by atoms with van der Waals surface area (Å²) in [5.74, 6) is 0. The van der Waals surface area contributed by atoms with Crippen LogP contribution in [0.25, 0.3) is 0 Å². The first-order chi connectivity index (χ1) is 10.9. The number of ether oxygens (including phenoxy) is 1. The molecular weight excluding hydrogens is 390 g/mol. The lowest BCUT2D eigenvalue weighted by molar-refractivity contribution is -0.0438. The number of rotatable bonds is 6. The maximum absolute atomic E-state index is 11.2. The number of nitrogens with zero attached hydrogens (tertiary/aromatic N) is 1. The van der Waals surface area contributed by atoms with Crippen molar-refractivity contribution >= 4 is 27.9 Å². The zero-order valence-corrected chi connectivity index (χ0v) is 14.4. The van der Waals surface area contributed by atoms with Gasteiger partial charge >= 0.3 is 15.6 Å². The Balaban J connectivity index is 2.21. The Morgan fingerprint density at radius 1 is 1.33 bits per heavy atom. The summed E-state index contributed by atoms with van der Waals surface area (Å²) in [7, 11) is -9.69. The minimum atomic E-state index is -4.88. The van der Waals surface area contributed by atoms with Crippen LogP contribution in [0.4, 0.5) is 0 Å². The Bertz CT molecular complexity index is 796. The second-order valence-corrected chi connectivity index (χ2v) is 7.62. The Morgan fingerprint density at radius 3 is 2.54 bits per heavy atom. The molecule has 0 aromatic carbocycles. The molecule has 1 saturated heterocycles. The van der Waals surface area contributed by atoms with Gasteiger partial charge < -0.3 is 24.3 Å². The number of nitrogens with one attached hydrogen (secondary N) is 1. The van der Waals surface area contributed by atoms with Crippen molar-refractivity contribution in [3.05, 3.63) is 27.4 Å². The predicted octanol–water partition coefficient (Wildman–Crippen LogP) is -0.219. The normalized spacial score (nSPS) is 25.1. The summed E-state index contributed by atoms with van der Waals surface area (Å²) in [4.78, 5) is 48.9. The molecular formula is C9H14N2O10P2S. The summed E-state index contributed by atoms with van der Waals surface area (Å²) in [6.07, 6.45) is -2.05. The van der Waals surface area contributed by atoms with Crippen molar-refractivity contribution in [2.24, 2.45) is 0 Å². The van der Waals surface area contributed by atoms with Crippen LogP contribution in [0.3, 0.4) is 0 Å². The topological polar surface area (TPSA) is 181 Å². The van der Waals surface area contributed by atoms with Gasteiger partial charge in [0.25, 0.3) is 5.56 Å². The Hall–Kier alpha value is -0.720. The van der Waals surface area contributed by atoms with E-state index in [1.54, 1.807) is 0 Å². The SMILES string of the molecule is O=c1ccn([C@@H]2C[C@H](OP(=O)(O)O)[C@@H](COP(=O)(O)O)O2)c(=S)[nH]1. The lowest BCUT2D eigenvalue weighted by Gasteiger charge is -2.19. The molecule has 2 rings (SSSR count). The average Bonchev–Trinajstić information content (AvgIpc) is 2.76. The second-order valence-electron chi connectivity index (χ2n) is 4.80. The highest BCUT2D eigenvalue weighted by atomic mass is 32.1. The molecule has 0 aliphatic carbocycles. The standard InChI is InChI=1S/C9H14N2O10P2S/c12-7-1-2-11(9(24)10-7)8-3-5(21-23(16,17)18)6(20-8)4-19-22(13,14)15/h1-2,5-6,8H,3-4H2,(H,10,12,24)(H2,13,14,15)(H2,16,17,18)/t5-,6+,8-/m0/s1. The van der Waals surface area contributed by atoms with Crippen molar-refractivity contribution in [3.63, 3.8) is 0 Å². The molecule has 15 heteroatoms. The molecule has 0 unspecified atom stereocenters. The molecule has 0 saturated carbocycles. The van der Waals surface area contributed by atoms with E-state index in [0.29, 0.717) is 0 Å². The highest BCUT2D eigenvalue weighted by Crippen LogP contribution is 2.45. The molecule has 136 valence electrons. The van der Waals surface area contributed by atoms with Crippen molar-refractivity contribution in [2.45, 2.75) is 24.9 Å². The van der Waals surface area contributed by atoms with E-state index in [1.165, 1.54) is 10.8 Å². The number of hydrogen-bond acceptors (Lipinski definition) is 7. The minimum Gasteiger partial charge on any atom is -0.349 e. The van der Waals surface area contributed by atoms with Crippen LogP contribution < -0.4 is 5.56 Å². The summed E-state index contributed by atoms with van der Waals surface area (Å²) in [6, 6.07) is 1.16. The van der Waals surface area contributed by atoms with Gasteiger partial charge in [0.05, 0.1) is 6.61 Å². The van der Waals surface area contributed by atoms with Crippen molar-refractivity contribution in [1.29, 1.82) is 0 Å². The van der Waals surface area contributed by atoms with E-state index in [4.69, 9.17) is 36.5 Å². The Labute approximate surface area is 139 Å². The fraction of sp³-hybridized carbons (Fsp3) is 0.556. The van der Waals surface area contributed by atoms with E-state index in [1.807, 2.05) is 0 Å². The van der Waals surface area contributed by atoms with Gasteiger partial charge in [-0.3, -0.25) is 23.4 Å². The number of aromatic nitrogens is 2. The van der Waals surface area contributed by atoms with E-state index in [-0.39, 0.29) is 11.2 Å². The van der Waals surface area contributed by atoms with Gasteiger partial charge in [-0.1, -0.05) is 0 Å². The highest BCUT2D eigenvalue weighted by Gasteiger charge is 2.41. The Morgan fingerprint density at radius 2 is 2.00 bits per heavy atom. The average molecular weight is 404 g/mol. The van der Waals surface area contributed by atoms with E-state index in [2.05, 4.69) is 14.0 Å². The molecule has 12 nitrogen and oxygen atoms in total. The van der Waals surface area contributed by atoms with Crippen LogP contribution in [0.5, 0.6) is 0 Å². The largest absolute Gasteiger partial charge is 0.469 e. The molecule has 24 heavy (non-hydrogen) atoms. The zero-order chi connectivity index (χ0) is 18.1. The van der Waals surface area contributed by atoms with E-state index in [0.717, 1.165) is 6.07 Å². The molecule has 0 amide bonds. The Kier molecular flexibility index (Phi) is 5.93. The summed E-state index contributed by atoms with van der Waals surface area (Å²) < 4.78 is 37.5.